The van der Waals surface area contributed by atoms with E-state index in [2.05, 4.69) is 82.6 Å². The molecule has 1 fully saturated rings. The predicted octanol–water partition coefficient (Wildman–Crippen LogP) is 3.52. The lowest BCUT2D eigenvalue weighted by atomic mass is 9.97. The molecule has 3 rings (SSSR count). The monoisotopic (exact) mass is 549 g/mol. The lowest BCUT2D eigenvalue weighted by molar-refractivity contribution is -0.123. The summed E-state index contributed by atoms with van der Waals surface area (Å²) in [5.41, 5.74) is 10.5. The molecule has 1 atom stereocenters. The number of rotatable bonds is 7. The van der Waals surface area contributed by atoms with Crippen molar-refractivity contribution < 1.29 is 4.79 Å². The third kappa shape index (κ3) is 7.78. The fourth-order valence-corrected chi connectivity index (χ4v) is 4.14. The first-order chi connectivity index (χ1) is 14.9. The third-order valence-electron chi connectivity index (χ3n) is 5.87. The highest BCUT2D eigenvalue weighted by Crippen LogP contribution is 2.19. The van der Waals surface area contributed by atoms with Crippen LogP contribution in [-0.2, 0) is 24.4 Å². The van der Waals surface area contributed by atoms with Gasteiger partial charge in [0.1, 0.15) is 0 Å². The lowest BCUT2D eigenvalue weighted by Gasteiger charge is -2.31. The van der Waals surface area contributed by atoms with E-state index < -0.39 is 0 Å². The summed E-state index contributed by atoms with van der Waals surface area (Å²) in [7, 11) is 3.87. The number of hydrogen-bond acceptors (Lipinski definition) is 3. The number of carbonyl (C=O) groups excluding carboxylic acids is 1. The topological polar surface area (TPSA) is 74.0 Å². The van der Waals surface area contributed by atoms with Gasteiger partial charge in [-0.25, -0.2) is 0 Å². The maximum absolute atomic E-state index is 11.5. The Kier molecular flexibility index (Phi) is 10.4. The lowest BCUT2D eigenvalue weighted by Crippen LogP contribution is -2.40. The quantitative estimate of drug-likeness (QED) is 0.315. The van der Waals surface area contributed by atoms with E-state index in [9.17, 15) is 4.79 Å². The largest absolute Gasteiger partial charge is 0.369 e. The van der Waals surface area contributed by atoms with Crippen LogP contribution in [0.25, 0.3) is 0 Å². The molecule has 1 unspecified atom stereocenters. The average Bonchev–Trinajstić information content (AvgIpc) is 2.76. The molecule has 3 N–H and O–H groups in total. The van der Waals surface area contributed by atoms with Crippen molar-refractivity contribution in [2.45, 2.75) is 39.4 Å². The predicted molar refractivity (Wildman–Crippen MR) is 142 cm³/mol. The van der Waals surface area contributed by atoms with Crippen molar-refractivity contribution in [3.8, 4) is 0 Å². The zero-order valence-electron chi connectivity index (χ0n) is 19.4. The number of halogens is 1. The molecule has 174 valence electrons. The van der Waals surface area contributed by atoms with E-state index in [1.165, 1.54) is 22.3 Å². The number of aryl methyl sites for hydroxylation is 1. The van der Waals surface area contributed by atoms with Gasteiger partial charge in [-0.05, 0) is 43.0 Å². The van der Waals surface area contributed by atoms with Gasteiger partial charge in [0.05, 0.1) is 5.92 Å². The Morgan fingerprint density at radius 1 is 1.19 bits per heavy atom. The second kappa shape index (κ2) is 12.8. The van der Waals surface area contributed by atoms with E-state index in [0.29, 0.717) is 6.54 Å². The number of piperidine rings is 1. The molecule has 1 saturated heterocycles. The smallest absolute Gasteiger partial charge is 0.221 e. The van der Waals surface area contributed by atoms with Crippen LogP contribution in [0.15, 0.2) is 53.5 Å². The number of likely N-dealkylation sites (tertiary alicyclic amines) is 1. The Bertz CT molecular complexity index is 899. The normalized spacial score (nSPS) is 16.8. The molecular weight excluding hydrogens is 513 g/mol. The summed E-state index contributed by atoms with van der Waals surface area (Å²) in [4.78, 5) is 20.4. The Morgan fingerprint density at radius 3 is 2.59 bits per heavy atom. The van der Waals surface area contributed by atoms with Gasteiger partial charge < -0.3 is 16.0 Å². The van der Waals surface area contributed by atoms with Crippen molar-refractivity contribution in [1.82, 2.24) is 15.1 Å². The Morgan fingerprint density at radius 2 is 1.91 bits per heavy atom. The van der Waals surface area contributed by atoms with E-state index in [4.69, 9.17) is 5.73 Å². The highest BCUT2D eigenvalue weighted by atomic mass is 127. The van der Waals surface area contributed by atoms with Gasteiger partial charge in [-0.15, -0.1) is 24.0 Å². The van der Waals surface area contributed by atoms with E-state index in [1.807, 2.05) is 7.05 Å². The molecule has 1 aliphatic heterocycles. The van der Waals surface area contributed by atoms with Gasteiger partial charge in [-0.3, -0.25) is 14.7 Å². The fraction of sp³-hybridized carbons (Fsp3) is 0.440. The number of primary amides is 1. The first-order valence-corrected chi connectivity index (χ1v) is 11.0. The first kappa shape index (κ1) is 26.1. The van der Waals surface area contributed by atoms with Gasteiger partial charge in [-0.1, -0.05) is 54.1 Å². The van der Waals surface area contributed by atoms with E-state index in [0.717, 1.165) is 45.0 Å². The van der Waals surface area contributed by atoms with Crippen LogP contribution in [0, 0.1) is 12.8 Å². The minimum absolute atomic E-state index is 0. The summed E-state index contributed by atoms with van der Waals surface area (Å²) in [6.07, 6.45) is 1.93. The SMILES string of the molecule is CN=C(NCc1cccc(CN2CCCC(C(N)=O)C2)c1)N(C)Cc1ccc(C)cc1.I. The summed E-state index contributed by atoms with van der Waals surface area (Å²) in [6.45, 7) is 6.23. The van der Waals surface area contributed by atoms with Crippen LogP contribution in [-0.4, -0.2) is 48.9 Å². The molecule has 0 bridgehead atoms. The standard InChI is InChI=1S/C25H35N5O.HI/c1-19-9-11-20(12-10-19)16-29(3)25(27-2)28-15-21-6-4-7-22(14-21)17-30-13-5-8-23(18-30)24(26)31;/h4,6-7,9-12,14,23H,5,8,13,15-18H2,1-3H3,(H2,26,31)(H,27,28);1H. The Hall–Kier alpha value is -2.13. The molecule has 7 heteroatoms. The molecule has 0 radical (unpaired) electrons. The highest BCUT2D eigenvalue weighted by Gasteiger charge is 2.23. The van der Waals surface area contributed by atoms with Gasteiger partial charge in [0, 0.05) is 40.3 Å². The number of guanidine groups is 1. The van der Waals surface area contributed by atoms with E-state index in [1.54, 1.807) is 0 Å². The van der Waals surface area contributed by atoms with E-state index in [-0.39, 0.29) is 35.8 Å². The van der Waals surface area contributed by atoms with Crippen LogP contribution in [0.5, 0.6) is 0 Å². The number of benzene rings is 2. The zero-order valence-corrected chi connectivity index (χ0v) is 21.7. The second-order valence-corrected chi connectivity index (χ2v) is 8.54. The maximum Gasteiger partial charge on any atom is 0.221 e. The minimum Gasteiger partial charge on any atom is -0.369 e. The molecule has 0 aliphatic carbocycles. The van der Waals surface area contributed by atoms with Crippen molar-refractivity contribution in [2.24, 2.45) is 16.6 Å². The molecule has 0 saturated carbocycles. The number of hydrogen-bond donors (Lipinski definition) is 2. The fourth-order valence-electron chi connectivity index (χ4n) is 4.14. The number of aliphatic imine (C=N–C) groups is 1. The number of nitrogens with zero attached hydrogens (tertiary/aromatic N) is 3. The Balaban J connectivity index is 0.00000363. The van der Waals surface area contributed by atoms with Gasteiger partial charge in [0.2, 0.25) is 5.91 Å². The van der Waals surface area contributed by atoms with Crippen molar-refractivity contribution in [1.29, 1.82) is 0 Å². The van der Waals surface area contributed by atoms with Crippen molar-refractivity contribution in [3.63, 3.8) is 0 Å². The number of carbonyl (C=O) groups is 1. The van der Waals surface area contributed by atoms with Crippen molar-refractivity contribution in [2.75, 3.05) is 27.2 Å². The minimum atomic E-state index is -0.177. The molecular formula is C25H36IN5O. The van der Waals surface area contributed by atoms with Crippen LogP contribution in [0.1, 0.15) is 35.1 Å². The molecule has 32 heavy (non-hydrogen) atoms. The molecule has 1 heterocycles. The van der Waals surface area contributed by atoms with Crippen LogP contribution in [0.4, 0.5) is 0 Å². The van der Waals surface area contributed by atoms with Crippen LogP contribution < -0.4 is 11.1 Å². The summed E-state index contributed by atoms with van der Waals surface area (Å²) in [6, 6.07) is 17.2. The number of nitrogens with one attached hydrogen (secondary N) is 1. The molecule has 2 aromatic rings. The molecule has 2 aromatic carbocycles. The highest BCUT2D eigenvalue weighted by molar-refractivity contribution is 14.0. The molecule has 1 amide bonds. The van der Waals surface area contributed by atoms with Gasteiger partial charge in [0.15, 0.2) is 5.96 Å². The maximum atomic E-state index is 11.5. The number of amides is 1. The molecule has 6 nitrogen and oxygen atoms in total. The summed E-state index contributed by atoms with van der Waals surface area (Å²) in [5.74, 6) is 0.668. The van der Waals surface area contributed by atoms with Crippen LogP contribution in [0.3, 0.4) is 0 Å². The molecule has 1 aliphatic rings. The molecule has 0 aromatic heterocycles. The van der Waals surface area contributed by atoms with Gasteiger partial charge in [0.25, 0.3) is 0 Å². The van der Waals surface area contributed by atoms with Crippen LogP contribution >= 0.6 is 24.0 Å². The van der Waals surface area contributed by atoms with Crippen LogP contribution in [0.2, 0.25) is 0 Å². The third-order valence-corrected chi connectivity index (χ3v) is 5.87. The van der Waals surface area contributed by atoms with E-state index >= 15 is 0 Å². The second-order valence-electron chi connectivity index (χ2n) is 8.54. The number of nitrogens with two attached hydrogens (primary N) is 1. The summed E-state index contributed by atoms with van der Waals surface area (Å²) < 4.78 is 0. The van der Waals surface area contributed by atoms with Gasteiger partial charge >= 0.3 is 0 Å². The summed E-state index contributed by atoms with van der Waals surface area (Å²) >= 11 is 0. The van der Waals surface area contributed by atoms with Crippen molar-refractivity contribution >= 4 is 35.8 Å². The summed E-state index contributed by atoms with van der Waals surface area (Å²) in [5, 5.41) is 3.47. The van der Waals surface area contributed by atoms with Gasteiger partial charge in [-0.2, -0.15) is 0 Å². The first-order valence-electron chi connectivity index (χ1n) is 11.0. The zero-order chi connectivity index (χ0) is 22.2. The molecule has 0 spiro atoms. The average molecular weight is 550 g/mol. The van der Waals surface area contributed by atoms with Crippen molar-refractivity contribution in [3.05, 3.63) is 70.8 Å². The Labute approximate surface area is 209 Å².